The van der Waals surface area contributed by atoms with Crippen molar-refractivity contribution in [3.63, 3.8) is 0 Å². The fourth-order valence-electron chi connectivity index (χ4n) is 4.34. The van der Waals surface area contributed by atoms with Crippen molar-refractivity contribution in [1.82, 2.24) is 0 Å². The van der Waals surface area contributed by atoms with Gasteiger partial charge in [0.05, 0.1) is 20.8 Å². The van der Waals surface area contributed by atoms with Gasteiger partial charge < -0.3 is 25.4 Å². The van der Waals surface area contributed by atoms with Crippen molar-refractivity contribution >= 4 is 46.5 Å². The normalized spacial score (nSPS) is 16.9. The van der Waals surface area contributed by atoms with Gasteiger partial charge in [0, 0.05) is 33.0 Å². The van der Waals surface area contributed by atoms with Crippen LogP contribution in [0.15, 0.2) is 54.6 Å². The molecular weight excluding hydrogens is 477 g/mol. The average Bonchev–Trinajstić information content (AvgIpc) is 3.02. The molecule has 3 N–H and O–H groups in total. The summed E-state index contributed by atoms with van der Waals surface area (Å²) < 4.78 is 10.8. The van der Waals surface area contributed by atoms with Gasteiger partial charge in [-0.05, 0) is 66.6 Å². The van der Waals surface area contributed by atoms with Gasteiger partial charge in [0.2, 0.25) is 5.91 Å². The lowest BCUT2D eigenvalue weighted by atomic mass is 9.77. The van der Waals surface area contributed by atoms with Crippen molar-refractivity contribution in [1.29, 1.82) is 0 Å². The molecule has 0 aromatic heterocycles. The van der Waals surface area contributed by atoms with Gasteiger partial charge in [-0.25, -0.2) is 4.79 Å². The maximum atomic E-state index is 14.1. The molecule has 1 unspecified atom stereocenters. The number of carbonyl (C=O) groups excluding carboxylic acids is 2. The first-order valence-electron chi connectivity index (χ1n) is 10.4. The number of rotatable bonds is 6. The Hall–Kier alpha value is -3.42. The lowest BCUT2D eigenvalue weighted by molar-refractivity contribution is -0.121. The molecule has 0 radical (unpaired) electrons. The zero-order valence-corrected chi connectivity index (χ0v) is 20.3. The van der Waals surface area contributed by atoms with E-state index in [1.165, 1.54) is 0 Å². The predicted octanol–water partition coefficient (Wildman–Crippen LogP) is 5.35. The maximum absolute atomic E-state index is 14.1. The van der Waals surface area contributed by atoms with Gasteiger partial charge in [-0.2, -0.15) is 0 Å². The lowest BCUT2D eigenvalue weighted by Gasteiger charge is -2.27. The second kappa shape index (κ2) is 9.08. The Kier molecular flexibility index (Phi) is 6.34. The van der Waals surface area contributed by atoms with E-state index in [9.17, 15) is 9.59 Å². The molecule has 0 saturated heterocycles. The van der Waals surface area contributed by atoms with Crippen LogP contribution in [0.1, 0.15) is 23.6 Å². The van der Waals surface area contributed by atoms with Crippen molar-refractivity contribution in [2.24, 2.45) is 5.73 Å². The highest BCUT2D eigenvalue weighted by atomic mass is 35.5. The summed E-state index contributed by atoms with van der Waals surface area (Å²) in [4.78, 5) is 27.1. The third kappa shape index (κ3) is 4.02. The van der Waals surface area contributed by atoms with E-state index in [1.54, 1.807) is 62.4 Å². The van der Waals surface area contributed by atoms with E-state index in [-0.39, 0.29) is 12.5 Å². The summed E-state index contributed by atoms with van der Waals surface area (Å²) in [6.45, 7) is 2.05. The molecule has 4 rings (SSSR count). The summed E-state index contributed by atoms with van der Waals surface area (Å²) in [5, 5.41) is 3.41. The third-order valence-electron chi connectivity index (χ3n) is 6.06. The van der Waals surface area contributed by atoms with Crippen molar-refractivity contribution < 1.29 is 19.1 Å². The van der Waals surface area contributed by atoms with Crippen LogP contribution in [0.2, 0.25) is 10.0 Å². The van der Waals surface area contributed by atoms with E-state index in [2.05, 4.69) is 5.32 Å². The lowest BCUT2D eigenvalue weighted by Crippen LogP contribution is -2.39. The fraction of sp³-hybridized carbons (Fsp3) is 0.200. The number of halogens is 2. The average molecular weight is 500 g/mol. The molecule has 0 bridgehead atoms. The highest BCUT2D eigenvalue weighted by Crippen LogP contribution is 2.50. The number of primary amides is 1. The number of nitrogens with zero attached hydrogens (tertiary/aromatic N) is 1. The Morgan fingerprint density at radius 1 is 1.03 bits per heavy atom. The van der Waals surface area contributed by atoms with E-state index in [4.69, 9.17) is 38.4 Å². The molecule has 9 heteroatoms. The molecule has 0 saturated carbocycles. The first-order valence-corrected chi connectivity index (χ1v) is 11.1. The minimum absolute atomic E-state index is 0.194. The third-order valence-corrected chi connectivity index (χ3v) is 6.62. The Bertz CT molecular complexity index is 1300. The molecule has 3 aromatic rings. The number of carbonyl (C=O) groups is 2. The Morgan fingerprint density at radius 3 is 2.47 bits per heavy atom. The van der Waals surface area contributed by atoms with Crippen LogP contribution < -0.4 is 25.4 Å². The number of hydrogen-bond donors (Lipinski definition) is 2. The van der Waals surface area contributed by atoms with E-state index in [0.29, 0.717) is 44.0 Å². The van der Waals surface area contributed by atoms with Gasteiger partial charge in [0.1, 0.15) is 16.9 Å². The van der Waals surface area contributed by atoms with Crippen LogP contribution in [-0.4, -0.2) is 26.2 Å². The summed E-state index contributed by atoms with van der Waals surface area (Å²) in [5.74, 6) is 1.05. The van der Waals surface area contributed by atoms with Gasteiger partial charge in [0.15, 0.2) is 0 Å². The van der Waals surface area contributed by atoms with Gasteiger partial charge in [0.25, 0.3) is 0 Å². The van der Waals surface area contributed by atoms with Crippen LogP contribution in [0.4, 0.5) is 16.2 Å². The van der Waals surface area contributed by atoms with Gasteiger partial charge in [-0.1, -0.05) is 23.2 Å². The first-order chi connectivity index (χ1) is 16.2. The topological polar surface area (TPSA) is 93.9 Å². The highest BCUT2D eigenvalue weighted by Gasteiger charge is 2.50. The van der Waals surface area contributed by atoms with Crippen LogP contribution in [-0.2, 0) is 16.8 Å². The number of hydrogen-bond acceptors (Lipinski definition) is 4. The first kappa shape index (κ1) is 23.7. The molecule has 0 fully saturated rings. The molecule has 176 valence electrons. The number of urea groups is 1. The standard InChI is InChI=1S/C25H23Cl2N3O4/c1-25(18-11-16(29-24(28)32)6-8-20(18)27)19-10-15(26)5-9-21(19)30(23(25)31)13-14-4-7-17(33-2)12-22(14)34-3/h4-12H,13H2,1-3H3,(H3,28,29,32). The van der Waals surface area contributed by atoms with Crippen molar-refractivity contribution in [2.75, 3.05) is 24.4 Å². The number of benzene rings is 3. The fourth-order valence-corrected chi connectivity index (χ4v) is 4.82. The minimum Gasteiger partial charge on any atom is -0.497 e. The predicted molar refractivity (Wildman–Crippen MR) is 133 cm³/mol. The van der Waals surface area contributed by atoms with E-state index >= 15 is 0 Å². The Labute approximate surface area is 207 Å². The van der Waals surface area contributed by atoms with Crippen molar-refractivity contribution in [3.8, 4) is 11.5 Å². The summed E-state index contributed by atoms with van der Waals surface area (Å²) in [7, 11) is 3.15. The zero-order valence-electron chi connectivity index (χ0n) is 18.8. The molecule has 7 nitrogen and oxygen atoms in total. The number of anilines is 2. The minimum atomic E-state index is -1.16. The van der Waals surface area contributed by atoms with Crippen LogP contribution >= 0.6 is 23.2 Å². The molecular formula is C25H23Cl2N3O4. The summed E-state index contributed by atoms with van der Waals surface area (Å²) >= 11 is 12.9. The van der Waals surface area contributed by atoms with E-state index in [0.717, 1.165) is 5.56 Å². The second-order valence-electron chi connectivity index (χ2n) is 8.04. The number of amides is 3. The summed E-state index contributed by atoms with van der Waals surface area (Å²) in [6.07, 6.45) is 0. The zero-order chi connectivity index (χ0) is 24.6. The monoisotopic (exact) mass is 499 g/mol. The van der Waals surface area contributed by atoms with Crippen molar-refractivity contribution in [3.05, 3.63) is 81.3 Å². The number of nitrogens with one attached hydrogen (secondary N) is 1. The second-order valence-corrected chi connectivity index (χ2v) is 8.88. The number of methoxy groups -OCH3 is 2. The van der Waals surface area contributed by atoms with Gasteiger partial charge in [-0.15, -0.1) is 0 Å². The molecule has 1 heterocycles. The smallest absolute Gasteiger partial charge is 0.316 e. The largest absolute Gasteiger partial charge is 0.497 e. The number of nitrogens with two attached hydrogens (primary N) is 1. The maximum Gasteiger partial charge on any atom is 0.316 e. The van der Waals surface area contributed by atoms with Gasteiger partial charge >= 0.3 is 6.03 Å². The van der Waals surface area contributed by atoms with Crippen LogP contribution in [0.3, 0.4) is 0 Å². The molecule has 1 atom stereocenters. The molecule has 1 aliphatic heterocycles. The quantitative estimate of drug-likeness (QED) is 0.477. The highest BCUT2D eigenvalue weighted by molar-refractivity contribution is 6.33. The van der Waals surface area contributed by atoms with Crippen LogP contribution in [0, 0.1) is 0 Å². The Balaban J connectivity index is 1.84. The van der Waals surface area contributed by atoms with Crippen molar-refractivity contribution in [2.45, 2.75) is 18.9 Å². The molecule has 3 aromatic carbocycles. The van der Waals surface area contributed by atoms with Gasteiger partial charge in [-0.3, -0.25) is 4.79 Å². The van der Waals surface area contributed by atoms with E-state index in [1.807, 2.05) is 18.2 Å². The Morgan fingerprint density at radius 2 is 1.79 bits per heavy atom. The molecule has 34 heavy (non-hydrogen) atoms. The molecule has 1 aliphatic rings. The number of ether oxygens (including phenoxy) is 2. The summed E-state index contributed by atoms with van der Waals surface area (Å²) in [6, 6.07) is 15.0. The molecule has 0 spiro atoms. The van der Waals surface area contributed by atoms with E-state index < -0.39 is 11.4 Å². The van der Waals surface area contributed by atoms with Crippen LogP contribution in [0.25, 0.3) is 0 Å². The number of fused-ring (bicyclic) bond motifs is 1. The van der Waals surface area contributed by atoms with Crippen LogP contribution in [0.5, 0.6) is 11.5 Å². The summed E-state index contributed by atoms with van der Waals surface area (Å²) in [5.41, 5.74) is 7.29. The molecule has 3 amide bonds. The SMILES string of the molecule is COc1ccc(CN2C(=O)C(C)(c3cc(NC(N)=O)ccc3Cl)c3cc(Cl)ccc32)c(OC)c1. The molecule has 0 aliphatic carbocycles.